The molecule has 1 aliphatic heterocycles. The lowest BCUT2D eigenvalue weighted by Crippen LogP contribution is -2.34. The number of fused-ring (bicyclic) bond motifs is 1. The summed E-state index contributed by atoms with van der Waals surface area (Å²) < 4.78 is 18.1. The second-order valence-corrected chi connectivity index (χ2v) is 12.8. The van der Waals surface area contributed by atoms with Gasteiger partial charge in [-0.15, -0.1) is 0 Å². The minimum absolute atomic E-state index is 0.00236. The monoisotopic (exact) mass is 653 g/mol. The van der Waals surface area contributed by atoms with E-state index in [1.54, 1.807) is 24.3 Å². The van der Waals surface area contributed by atoms with Gasteiger partial charge in [0, 0.05) is 42.0 Å². The Morgan fingerprint density at radius 2 is 1.61 bits per heavy atom. The van der Waals surface area contributed by atoms with Crippen molar-refractivity contribution in [1.82, 2.24) is 4.90 Å². The molecule has 1 fully saturated rings. The number of esters is 2. The molecule has 0 unspecified atom stereocenters. The summed E-state index contributed by atoms with van der Waals surface area (Å²) in [5.74, 6) is -0.924. The lowest BCUT2D eigenvalue weighted by atomic mass is 9.89. The fourth-order valence-corrected chi connectivity index (χ4v) is 6.53. The molecule has 1 saturated heterocycles. The maximum Gasteiger partial charge on any atom is 0.311 e. The minimum atomic E-state index is -0.443. The van der Waals surface area contributed by atoms with Crippen LogP contribution in [0.3, 0.4) is 0 Å². The first kappa shape index (κ1) is 35.5. The number of unbranched alkanes of at least 4 members (excludes halogenated alkanes) is 8. The average molecular weight is 654 g/mol. The summed E-state index contributed by atoms with van der Waals surface area (Å²) in [6.07, 6.45) is 11.3. The van der Waals surface area contributed by atoms with Gasteiger partial charge in [0.05, 0.1) is 11.1 Å². The van der Waals surface area contributed by atoms with E-state index >= 15 is 0 Å². The van der Waals surface area contributed by atoms with Gasteiger partial charge in [-0.3, -0.25) is 19.3 Å². The molecule has 9 heteroatoms. The van der Waals surface area contributed by atoms with E-state index in [0.29, 0.717) is 42.0 Å². The number of rotatable bonds is 17. The molecule has 0 amide bonds. The molecule has 1 aromatic heterocycles. The highest BCUT2D eigenvalue weighted by atomic mass is 35.5. The zero-order chi connectivity index (χ0) is 33.1. The van der Waals surface area contributed by atoms with Crippen molar-refractivity contribution in [2.24, 2.45) is 0 Å². The molecule has 1 N–H and O–H groups in total. The number of phenols is 1. The molecular formula is C37H48ClNO7. The number of likely N-dealkylation sites (N-methyl/N-ethyl adjacent to an activating group) is 1. The van der Waals surface area contributed by atoms with Crippen molar-refractivity contribution in [3.8, 4) is 22.8 Å². The van der Waals surface area contributed by atoms with E-state index < -0.39 is 11.4 Å². The molecule has 2 aromatic carbocycles. The fourth-order valence-electron chi connectivity index (χ4n) is 6.30. The zero-order valence-electron chi connectivity index (χ0n) is 27.4. The Labute approximate surface area is 277 Å². The first-order chi connectivity index (χ1) is 22.2. The van der Waals surface area contributed by atoms with Crippen LogP contribution in [0.4, 0.5) is 0 Å². The normalized spacial score (nSPS) is 16.6. The minimum Gasteiger partial charge on any atom is -0.507 e. The van der Waals surface area contributed by atoms with Crippen molar-refractivity contribution < 1.29 is 28.6 Å². The highest BCUT2D eigenvalue weighted by Gasteiger charge is 2.39. The molecule has 8 nitrogen and oxygen atoms in total. The second kappa shape index (κ2) is 17.5. The number of halogens is 1. The van der Waals surface area contributed by atoms with Crippen LogP contribution in [0.2, 0.25) is 5.02 Å². The number of phenolic OH excluding ortho intramolecular Hbond substituents is 1. The molecule has 4 rings (SSSR count). The number of ether oxygens (including phenoxy) is 2. The molecule has 2 atom stereocenters. The van der Waals surface area contributed by atoms with E-state index in [2.05, 4.69) is 18.7 Å². The number of hydrogen-bond acceptors (Lipinski definition) is 8. The lowest BCUT2D eigenvalue weighted by molar-refractivity contribution is -0.145. The highest BCUT2D eigenvalue weighted by Crippen LogP contribution is 2.45. The van der Waals surface area contributed by atoms with Gasteiger partial charge in [-0.25, -0.2) is 0 Å². The first-order valence-corrected chi connectivity index (χ1v) is 17.3. The Hall–Kier alpha value is -3.36. The molecule has 0 spiro atoms. The SMILES string of the molecule is CCCCCCCC(=O)OC[C@H]1[C@H](c2c(OC(=O)CCCCCCC)cc(O)c3c(=O)cc(-c4ccccc4Cl)oc23)CCN1C. The summed E-state index contributed by atoms with van der Waals surface area (Å²) in [4.78, 5) is 41.4. The van der Waals surface area contributed by atoms with Crippen molar-refractivity contribution in [2.45, 2.75) is 109 Å². The maximum atomic E-state index is 13.5. The van der Waals surface area contributed by atoms with E-state index in [1.807, 2.05) is 7.05 Å². The Kier molecular flexibility index (Phi) is 13.5. The average Bonchev–Trinajstić information content (AvgIpc) is 3.39. The molecule has 0 aliphatic carbocycles. The Balaban J connectivity index is 1.70. The molecular weight excluding hydrogens is 606 g/mol. The van der Waals surface area contributed by atoms with Crippen molar-refractivity contribution in [2.75, 3.05) is 20.2 Å². The lowest BCUT2D eigenvalue weighted by Gasteiger charge is -2.27. The largest absolute Gasteiger partial charge is 0.507 e. The molecule has 3 aromatic rings. The molecule has 1 aliphatic rings. The van der Waals surface area contributed by atoms with Crippen molar-refractivity contribution >= 4 is 34.5 Å². The summed E-state index contributed by atoms with van der Waals surface area (Å²) >= 11 is 6.48. The van der Waals surface area contributed by atoms with Crippen LogP contribution in [0.5, 0.6) is 11.5 Å². The summed E-state index contributed by atoms with van der Waals surface area (Å²) in [6, 6.07) is 9.43. The third-order valence-corrected chi connectivity index (χ3v) is 9.25. The molecule has 46 heavy (non-hydrogen) atoms. The topological polar surface area (TPSA) is 106 Å². The molecule has 2 heterocycles. The number of aromatic hydroxyl groups is 1. The van der Waals surface area contributed by atoms with Crippen molar-refractivity contribution in [3.63, 3.8) is 0 Å². The Morgan fingerprint density at radius 3 is 2.28 bits per heavy atom. The summed E-state index contributed by atoms with van der Waals surface area (Å²) in [7, 11) is 1.96. The quantitative estimate of drug-likeness (QED) is 0.0875. The third kappa shape index (κ3) is 9.13. The van der Waals surface area contributed by atoms with Crippen molar-refractivity contribution in [1.29, 1.82) is 0 Å². The van der Waals surface area contributed by atoms with Gasteiger partial charge in [-0.2, -0.15) is 0 Å². The molecule has 0 radical (unpaired) electrons. The van der Waals surface area contributed by atoms with E-state index in [1.165, 1.54) is 12.1 Å². The van der Waals surface area contributed by atoms with Crippen LogP contribution in [0.1, 0.15) is 109 Å². The van der Waals surface area contributed by atoms with E-state index in [0.717, 1.165) is 57.8 Å². The van der Waals surface area contributed by atoms with E-state index in [9.17, 15) is 19.5 Å². The van der Waals surface area contributed by atoms with Crippen LogP contribution in [0.25, 0.3) is 22.3 Å². The van der Waals surface area contributed by atoms with Gasteiger partial charge in [-0.05, 0) is 45.0 Å². The Morgan fingerprint density at radius 1 is 0.957 bits per heavy atom. The predicted molar refractivity (Wildman–Crippen MR) is 182 cm³/mol. The van der Waals surface area contributed by atoms with Gasteiger partial charge in [-0.1, -0.05) is 88.9 Å². The van der Waals surface area contributed by atoms with Gasteiger partial charge < -0.3 is 19.0 Å². The van der Waals surface area contributed by atoms with Gasteiger partial charge in [0.1, 0.15) is 34.8 Å². The number of carbonyl (C=O) groups is 2. The number of carbonyl (C=O) groups excluding carboxylic acids is 2. The predicted octanol–water partition coefficient (Wildman–Crippen LogP) is 8.78. The van der Waals surface area contributed by atoms with Gasteiger partial charge >= 0.3 is 11.9 Å². The third-order valence-electron chi connectivity index (χ3n) is 8.92. The van der Waals surface area contributed by atoms with Gasteiger partial charge in [0.25, 0.3) is 0 Å². The maximum absolute atomic E-state index is 13.5. The summed E-state index contributed by atoms with van der Waals surface area (Å²) in [5, 5.41) is 11.5. The van der Waals surface area contributed by atoms with Crippen LogP contribution in [-0.2, 0) is 14.3 Å². The zero-order valence-corrected chi connectivity index (χ0v) is 28.2. The van der Waals surface area contributed by atoms with Crippen LogP contribution >= 0.6 is 11.6 Å². The smallest absolute Gasteiger partial charge is 0.311 e. The molecule has 0 bridgehead atoms. The van der Waals surface area contributed by atoms with Gasteiger partial charge in [0.2, 0.25) is 0 Å². The number of benzene rings is 2. The second-order valence-electron chi connectivity index (χ2n) is 12.4. The molecule has 250 valence electrons. The standard InChI is InChI=1S/C37H48ClNO7/c1-4-6-8-10-12-18-33(42)44-24-28-26(20-21-39(28)3)35-32(45-34(43)19-13-11-9-7-5-2)23-30(41)36-29(40)22-31(46-37(35)36)25-16-14-15-17-27(25)38/h14-17,22-23,26,28,41H,4-13,18-21,24H2,1-3H3/t26-,28+/m1/s1. The van der Waals surface area contributed by atoms with Crippen LogP contribution < -0.4 is 10.2 Å². The number of hydrogen-bond donors (Lipinski definition) is 1. The van der Waals surface area contributed by atoms with Crippen LogP contribution in [-0.4, -0.2) is 48.2 Å². The van der Waals surface area contributed by atoms with E-state index in [-0.39, 0.29) is 59.2 Å². The number of nitrogens with zero attached hydrogens (tertiary/aromatic N) is 1. The van der Waals surface area contributed by atoms with Crippen LogP contribution in [0, 0.1) is 0 Å². The summed E-state index contributed by atoms with van der Waals surface area (Å²) in [5.41, 5.74) is 0.723. The van der Waals surface area contributed by atoms with Crippen LogP contribution in [0.15, 0.2) is 45.6 Å². The van der Waals surface area contributed by atoms with E-state index in [4.69, 9.17) is 25.5 Å². The van der Waals surface area contributed by atoms with Gasteiger partial charge in [0.15, 0.2) is 5.43 Å². The van der Waals surface area contributed by atoms with Crippen molar-refractivity contribution in [3.05, 3.63) is 57.2 Å². The number of likely N-dealkylation sites (tertiary alicyclic amines) is 1. The summed E-state index contributed by atoms with van der Waals surface area (Å²) in [6.45, 7) is 5.12. The Bertz CT molecular complexity index is 1530. The fraction of sp³-hybridized carbons (Fsp3) is 0.541. The highest BCUT2D eigenvalue weighted by molar-refractivity contribution is 6.33. The molecule has 0 saturated carbocycles. The first-order valence-electron chi connectivity index (χ1n) is 16.9.